The lowest BCUT2D eigenvalue weighted by molar-refractivity contribution is -0.116. The fourth-order valence-corrected chi connectivity index (χ4v) is 2.35. The average Bonchev–Trinajstić information content (AvgIpc) is 2.32. The van der Waals surface area contributed by atoms with Gasteiger partial charge in [-0.25, -0.2) is 4.39 Å². The Labute approximate surface area is 103 Å². The van der Waals surface area contributed by atoms with Gasteiger partial charge in [0.05, 0.1) is 5.69 Å². The molecule has 1 heterocycles. The highest BCUT2D eigenvalue weighted by molar-refractivity contribution is 6.32. The molecule has 1 aliphatic heterocycles. The monoisotopic (exact) mass is 261 g/mol. The SMILES string of the molecule is O=C(CCl)N1CCCc2c(Cl)ccc(F)c21. The highest BCUT2D eigenvalue weighted by Crippen LogP contribution is 2.35. The van der Waals surface area contributed by atoms with E-state index in [1.165, 1.54) is 17.0 Å². The van der Waals surface area contributed by atoms with Gasteiger partial charge in [-0.05, 0) is 30.5 Å². The zero-order valence-electron chi connectivity index (χ0n) is 8.47. The van der Waals surface area contributed by atoms with Crippen molar-refractivity contribution in [2.24, 2.45) is 0 Å². The molecule has 0 radical (unpaired) electrons. The first-order chi connectivity index (χ1) is 7.65. The summed E-state index contributed by atoms with van der Waals surface area (Å²) in [6.07, 6.45) is 1.47. The van der Waals surface area contributed by atoms with E-state index in [2.05, 4.69) is 0 Å². The predicted molar refractivity (Wildman–Crippen MR) is 62.8 cm³/mol. The fourth-order valence-electron chi connectivity index (χ4n) is 1.96. The van der Waals surface area contributed by atoms with Crippen LogP contribution in [0.2, 0.25) is 5.02 Å². The van der Waals surface area contributed by atoms with E-state index in [1.54, 1.807) is 0 Å². The fraction of sp³-hybridized carbons (Fsp3) is 0.364. The molecular weight excluding hydrogens is 252 g/mol. The molecule has 1 aromatic carbocycles. The van der Waals surface area contributed by atoms with Gasteiger partial charge in [0.15, 0.2) is 0 Å². The van der Waals surface area contributed by atoms with Gasteiger partial charge in [0.1, 0.15) is 11.7 Å². The summed E-state index contributed by atoms with van der Waals surface area (Å²) in [7, 11) is 0. The standard InChI is InChI=1S/C11H10Cl2FNO/c12-6-10(16)15-5-1-2-7-8(13)3-4-9(14)11(7)15/h3-4H,1-2,5-6H2. The van der Waals surface area contributed by atoms with Crippen LogP contribution in [0.3, 0.4) is 0 Å². The number of hydrogen-bond donors (Lipinski definition) is 0. The predicted octanol–water partition coefficient (Wildman–Crippen LogP) is 3.00. The molecule has 86 valence electrons. The quantitative estimate of drug-likeness (QED) is 0.712. The van der Waals surface area contributed by atoms with Crippen molar-refractivity contribution in [3.8, 4) is 0 Å². The highest BCUT2D eigenvalue weighted by Gasteiger charge is 2.26. The van der Waals surface area contributed by atoms with Gasteiger partial charge in [0.25, 0.3) is 0 Å². The number of alkyl halides is 1. The topological polar surface area (TPSA) is 20.3 Å². The molecule has 2 nitrogen and oxygen atoms in total. The Balaban J connectivity index is 2.53. The third-order valence-electron chi connectivity index (χ3n) is 2.67. The summed E-state index contributed by atoms with van der Waals surface area (Å²) >= 11 is 11.5. The number of rotatable bonds is 1. The van der Waals surface area contributed by atoms with Crippen LogP contribution in [-0.2, 0) is 11.2 Å². The van der Waals surface area contributed by atoms with Crippen molar-refractivity contribution >= 4 is 34.8 Å². The van der Waals surface area contributed by atoms with Crippen LogP contribution in [-0.4, -0.2) is 18.3 Å². The second-order valence-electron chi connectivity index (χ2n) is 3.64. The number of anilines is 1. The molecule has 1 amide bonds. The van der Waals surface area contributed by atoms with E-state index < -0.39 is 5.82 Å². The van der Waals surface area contributed by atoms with E-state index >= 15 is 0 Å². The summed E-state index contributed by atoms with van der Waals surface area (Å²) in [5, 5.41) is 0.503. The van der Waals surface area contributed by atoms with Gasteiger partial charge in [-0.1, -0.05) is 11.6 Å². The average molecular weight is 262 g/mol. The van der Waals surface area contributed by atoms with Crippen LogP contribution in [0.5, 0.6) is 0 Å². The van der Waals surface area contributed by atoms with Gasteiger partial charge in [-0.2, -0.15) is 0 Å². The Morgan fingerprint density at radius 3 is 2.94 bits per heavy atom. The molecule has 0 aromatic heterocycles. The van der Waals surface area contributed by atoms with Crippen molar-refractivity contribution in [2.45, 2.75) is 12.8 Å². The lowest BCUT2D eigenvalue weighted by Gasteiger charge is -2.29. The number of halogens is 3. The highest BCUT2D eigenvalue weighted by atomic mass is 35.5. The summed E-state index contributed by atoms with van der Waals surface area (Å²) < 4.78 is 13.7. The number of hydrogen-bond acceptors (Lipinski definition) is 1. The molecular formula is C11H10Cl2FNO. The third-order valence-corrected chi connectivity index (χ3v) is 3.25. The number of fused-ring (bicyclic) bond motifs is 1. The molecule has 0 unspecified atom stereocenters. The van der Waals surface area contributed by atoms with Gasteiger partial charge in [-0.15, -0.1) is 11.6 Å². The molecule has 0 saturated heterocycles. The minimum absolute atomic E-state index is 0.147. The van der Waals surface area contributed by atoms with E-state index in [9.17, 15) is 9.18 Å². The van der Waals surface area contributed by atoms with E-state index in [0.717, 1.165) is 6.42 Å². The zero-order chi connectivity index (χ0) is 11.7. The Morgan fingerprint density at radius 1 is 1.50 bits per heavy atom. The lowest BCUT2D eigenvalue weighted by Crippen LogP contribution is -2.37. The van der Waals surface area contributed by atoms with Crippen molar-refractivity contribution in [1.29, 1.82) is 0 Å². The maximum Gasteiger partial charge on any atom is 0.241 e. The number of amides is 1. The number of carbonyl (C=O) groups is 1. The summed E-state index contributed by atoms with van der Waals surface area (Å²) in [5.74, 6) is -0.855. The molecule has 5 heteroatoms. The third kappa shape index (κ3) is 1.89. The molecule has 0 spiro atoms. The normalized spacial score (nSPS) is 14.8. The van der Waals surface area contributed by atoms with Crippen LogP contribution in [0.1, 0.15) is 12.0 Å². The summed E-state index contributed by atoms with van der Waals surface area (Å²) in [4.78, 5) is 13.0. The van der Waals surface area contributed by atoms with Crippen LogP contribution in [0, 0.1) is 5.82 Å². The first-order valence-corrected chi connectivity index (χ1v) is 5.89. The number of carbonyl (C=O) groups excluding carboxylic acids is 1. The van der Waals surface area contributed by atoms with E-state index in [0.29, 0.717) is 29.2 Å². The maximum absolute atomic E-state index is 13.7. The van der Waals surface area contributed by atoms with Crippen molar-refractivity contribution in [3.63, 3.8) is 0 Å². The second kappa shape index (κ2) is 4.60. The molecule has 0 fully saturated rings. The van der Waals surface area contributed by atoms with Crippen LogP contribution < -0.4 is 4.90 Å². The molecule has 0 N–H and O–H groups in total. The number of benzene rings is 1. The Hall–Kier alpha value is -0.800. The van der Waals surface area contributed by atoms with Gasteiger partial charge in [-0.3, -0.25) is 4.79 Å². The van der Waals surface area contributed by atoms with Gasteiger partial charge < -0.3 is 4.90 Å². The van der Waals surface area contributed by atoms with Crippen LogP contribution in [0.4, 0.5) is 10.1 Å². The smallest absolute Gasteiger partial charge is 0.241 e. The lowest BCUT2D eigenvalue weighted by atomic mass is 10.0. The molecule has 0 aliphatic carbocycles. The largest absolute Gasteiger partial charge is 0.308 e. The Kier molecular flexibility index (Phi) is 3.36. The molecule has 0 atom stereocenters. The molecule has 0 bridgehead atoms. The minimum atomic E-state index is -0.419. The van der Waals surface area contributed by atoms with Crippen molar-refractivity contribution < 1.29 is 9.18 Å². The molecule has 1 aromatic rings. The number of nitrogens with zero attached hydrogens (tertiary/aromatic N) is 1. The van der Waals surface area contributed by atoms with Crippen molar-refractivity contribution in [2.75, 3.05) is 17.3 Å². The summed E-state index contributed by atoms with van der Waals surface area (Å²) in [5.41, 5.74) is 0.996. The van der Waals surface area contributed by atoms with Crippen LogP contribution in [0.25, 0.3) is 0 Å². The summed E-state index contributed by atoms with van der Waals surface area (Å²) in [6, 6.07) is 2.80. The van der Waals surface area contributed by atoms with Gasteiger partial charge in [0, 0.05) is 11.6 Å². The molecule has 16 heavy (non-hydrogen) atoms. The first-order valence-electron chi connectivity index (χ1n) is 4.98. The maximum atomic E-state index is 13.7. The van der Waals surface area contributed by atoms with Crippen LogP contribution in [0.15, 0.2) is 12.1 Å². The van der Waals surface area contributed by atoms with Gasteiger partial charge >= 0.3 is 0 Å². The molecule has 0 saturated carbocycles. The zero-order valence-corrected chi connectivity index (χ0v) is 9.98. The van der Waals surface area contributed by atoms with Crippen LogP contribution >= 0.6 is 23.2 Å². The van der Waals surface area contributed by atoms with E-state index in [4.69, 9.17) is 23.2 Å². The van der Waals surface area contributed by atoms with E-state index in [1.807, 2.05) is 0 Å². The molecule has 2 rings (SSSR count). The Morgan fingerprint density at radius 2 is 2.25 bits per heavy atom. The van der Waals surface area contributed by atoms with Gasteiger partial charge in [0.2, 0.25) is 5.91 Å². The molecule has 1 aliphatic rings. The van der Waals surface area contributed by atoms with E-state index in [-0.39, 0.29) is 11.8 Å². The first kappa shape index (κ1) is 11.7. The minimum Gasteiger partial charge on any atom is -0.308 e. The van der Waals surface area contributed by atoms with Crippen molar-refractivity contribution in [3.05, 3.63) is 28.5 Å². The Bertz CT molecular complexity index is 436. The summed E-state index contributed by atoms with van der Waals surface area (Å²) in [6.45, 7) is 0.496. The second-order valence-corrected chi connectivity index (χ2v) is 4.31. The van der Waals surface area contributed by atoms with Crippen molar-refractivity contribution in [1.82, 2.24) is 0 Å².